The van der Waals surface area contributed by atoms with Gasteiger partial charge in [-0.15, -0.1) is 0 Å². The number of fused-ring (bicyclic) bond motifs is 3. The van der Waals surface area contributed by atoms with Gasteiger partial charge >= 0.3 is 0 Å². The quantitative estimate of drug-likeness (QED) is 0.424. The fraction of sp³-hybridized carbons (Fsp3) is 0.250. The van der Waals surface area contributed by atoms with Crippen LogP contribution in [0.5, 0.6) is 17.2 Å². The van der Waals surface area contributed by atoms with Crippen LogP contribution in [0.25, 0.3) is 10.9 Å². The lowest BCUT2D eigenvalue weighted by Crippen LogP contribution is -2.40. The number of hydrogen-bond donors (Lipinski definition) is 1. The number of rotatable bonds is 6. The van der Waals surface area contributed by atoms with E-state index in [1.54, 1.807) is 32.4 Å². The molecule has 0 saturated carbocycles. The van der Waals surface area contributed by atoms with E-state index < -0.39 is 0 Å². The van der Waals surface area contributed by atoms with Crippen LogP contribution in [0.2, 0.25) is 0 Å². The lowest BCUT2D eigenvalue weighted by Gasteiger charge is -2.36. The molecule has 0 spiro atoms. The van der Waals surface area contributed by atoms with Gasteiger partial charge in [-0.1, -0.05) is 30.3 Å². The molecule has 0 bridgehead atoms. The number of carbonyl (C=O) groups is 1. The van der Waals surface area contributed by atoms with Crippen LogP contribution in [0.4, 0.5) is 0 Å². The van der Waals surface area contributed by atoms with Crippen LogP contribution in [0.1, 0.15) is 40.1 Å². The molecule has 0 aliphatic carbocycles. The molecule has 1 aromatic heterocycles. The van der Waals surface area contributed by atoms with Gasteiger partial charge in [0.25, 0.3) is 5.91 Å². The van der Waals surface area contributed by atoms with E-state index in [0.29, 0.717) is 30.2 Å². The molecule has 1 N–H and O–H groups in total. The Balaban J connectivity index is 1.63. The van der Waals surface area contributed by atoms with Crippen LogP contribution >= 0.6 is 0 Å². The zero-order valence-electron chi connectivity index (χ0n) is 19.6. The molecule has 1 aliphatic rings. The minimum atomic E-state index is -0.267. The SMILES string of the molecule is CCOc1cccc([C@H]2c3[nH]c4ccccc4c3CCN2C(=O)c2ccc(OC)c(OC)c2)c1. The van der Waals surface area contributed by atoms with Crippen molar-refractivity contribution in [3.8, 4) is 17.2 Å². The molecule has 3 aromatic carbocycles. The average Bonchev–Trinajstić information content (AvgIpc) is 3.26. The summed E-state index contributed by atoms with van der Waals surface area (Å²) in [6, 6.07) is 21.4. The molecule has 1 amide bonds. The van der Waals surface area contributed by atoms with Crippen molar-refractivity contribution in [3.05, 3.63) is 89.1 Å². The second kappa shape index (κ2) is 9.14. The van der Waals surface area contributed by atoms with Crippen LogP contribution in [0.3, 0.4) is 0 Å². The van der Waals surface area contributed by atoms with Crippen molar-refractivity contribution in [1.82, 2.24) is 9.88 Å². The topological polar surface area (TPSA) is 63.8 Å². The van der Waals surface area contributed by atoms with Gasteiger partial charge in [0, 0.05) is 28.7 Å². The van der Waals surface area contributed by atoms with Gasteiger partial charge in [-0.05, 0) is 60.9 Å². The van der Waals surface area contributed by atoms with Crippen molar-refractivity contribution in [2.75, 3.05) is 27.4 Å². The fourth-order valence-electron chi connectivity index (χ4n) is 4.88. The van der Waals surface area contributed by atoms with Crippen LogP contribution in [-0.4, -0.2) is 43.2 Å². The highest BCUT2D eigenvalue weighted by Crippen LogP contribution is 2.40. The van der Waals surface area contributed by atoms with Gasteiger partial charge in [0.2, 0.25) is 0 Å². The number of nitrogens with zero attached hydrogens (tertiary/aromatic N) is 1. The Kier molecular flexibility index (Phi) is 5.88. The molecule has 0 unspecified atom stereocenters. The first-order chi connectivity index (χ1) is 16.6. The number of ether oxygens (including phenoxy) is 3. The third-order valence-corrected chi connectivity index (χ3v) is 6.41. The van der Waals surface area contributed by atoms with E-state index in [1.165, 1.54) is 10.9 Å². The fourth-order valence-corrected chi connectivity index (χ4v) is 4.88. The van der Waals surface area contributed by atoms with Crippen molar-refractivity contribution < 1.29 is 19.0 Å². The summed E-state index contributed by atoms with van der Waals surface area (Å²) in [7, 11) is 3.16. The third kappa shape index (κ3) is 3.75. The number of aromatic nitrogens is 1. The number of methoxy groups -OCH3 is 2. The highest BCUT2D eigenvalue weighted by Gasteiger charge is 2.35. The first-order valence-corrected chi connectivity index (χ1v) is 11.5. The van der Waals surface area contributed by atoms with E-state index in [4.69, 9.17) is 14.2 Å². The first-order valence-electron chi connectivity index (χ1n) is 11.5. The maximum Gasteiger partial charge on any atom is 0.254 e. The molecule has 34 heavy (non-hydrogen) atoms. The van der Waals surface area contributed by atoms with E-state index in [2.05, 4.69) is 29.2 Å². The van der Waals surface area contributed by atoms with Crippen molar-refractivity contribution in [2.45, 2.75) is 19.4 Å². The Morgan fingerprint density at radius 2 is 1.82 bits per heavy atom. The third-order valence-electron chi connectivity index (χ3n) is 6.41. The number of nitrogens with one attached hydrogen (secondary N) is 1. The van der Waals surface area contributed by atoms with E-state index in [-0.39, 0.29) is 11.9 Å². The second-order valence-corrected chi connectivity index (χ2v) is 8.29. The van der Waals surface area contributed by atoms with Gasteiger partial charge in [-0.3, -0.25) is 4.79 Å². The summed E-state index contributed by atoms with van der Waals surface area (Å²) in [5.41, 5.74) is 4.96. The van der Waals surface area contributed by atoms with Crippen LogP contribution < -0.4 is 14.2 Å². The smallest absolute Gasteiger partial charge is 0.254 e. The Morgan fingerprint density at radius 3 is 2.62 bits per heavy atom. The Labute approximate surface area is 199 Å². The Hall–Kier alpha value is -3.93. The number of hydrogen-bond acceptors (Lipinski definition) is 4. The van der Waals surface area contributed by atoms with Crippen molar-refractivity contribution in [3.63, 3.8) is 0 Å². The van der Waals surface area contributed by atoms with Crippen molar-refractivity contribution in [1.29, 1.82) is 0 Å². The molecule has 174 valence electrons. The molecule has 0 fully saturated rings. The zero-order valence-corrected chi connectivity index (χ0v) is 19.6. The predicted octanol–water partition coefficient (Wildman–Crippen LogP) is 5.37. The number of H-pyrrole nitrogens is 1. The molecule has 2 heterocycles. The lowest BCUT2D eigenvalue weighted by molar-refractivity contribution is 0.0691. The van der Waals surface area contributed by atoms with Gasteiger partial charge < -0.3 is 24.1 Å². The number of para-hydroxylation sites is 1. The maximum absolute atomic E-state index is 13.9. The summed E-state index contributed by atoms with van der Waals surface area (Å²) in [6.07, 6.45) is 0.778. The largest absolute Gasteiger partial charge is 0.494 e. The molecular weight excluding hydrogens is 428 g/mol. The van der Waals surface area contributed by atoms with Gasteiger partial charge in [-0.25, -0.2) is 0 Å². The molecular formula is C28H28N2O4. The standard InChI is InChI=1S/C28H28N2O4/c1-4-34-20-9-7-8-18(16-20)27-26-22(21-10-5-6-11-23(21)29-26)14-15-30(27)28(31)19-12-13-24(32-2)25(17-19)33-3/h5-13,16-17,27,29H,4,14-15H2,1-3H3/t27-/m0/s1. The molecule has 5 rings (SSSR count). The predicted molar refractivity (Wildman–Crippen MR) is 132 cm³/mol. The van der Waals surface area contributed by atoms with E-state index in [1.807, 2.05) is 36.1 Å². The van der Waals surface area contributed by atoms with Gasteiger partial charge in [-0.2, -0.15) is 0 Å². The lowest BCUT2D eigenvalue weighted by atomic mass is 9.91. The Bertz CT molecular complexity index is 1340. The molecule has 6 heteroatoms. The number of carbonyl (C=O) groups excluding carboxylic acids is 1. The normalized spacial score (nSPS) is 15.1. The average molecular weight is 457 g/mol. The number of aromatic amines is 1. The maximum atomic E-state index is 13.9. The second-order valence-electron chi connectivity index (χ2n) is 8.29. The van der Waals surface area contributed by atoms with Gasteiger partial charge in [0.05, 0.1) is 26.9 Å². The van der Waals surface area contributed by atoms with Crippen LogP contribution in [0.15, 0.2) is 66.7 Å². The highest BCUT2D eigenvalue weighted by molar-refractivity contribution is 5.96. The summed E-state index contributed by atoms with van der Waals surface area (Å²) < 4.78 is 16.6. The molecule has 1 aliphatic heterocycles. The monoisotopic (exact) mass is 456 g/mol. The zero-order chi connectivity index (χ0) is 23.7. The van der Waals surface area contributed by atoms with Gasteiger partial charge in [0.1, 0.15) is 5.75 Å². The van der Waals surface area contributed by atoms with Crippen LogP contribution in [-0.2, 0) is 6.42 Å². The molecule has 6 nitrogen and oxygen atoms in total. The highest BCUT2D eigenvalue weighted by atomic mass is 16.5. The van der Waals surface area contributed by atoms with Crippen molar-refractivity contribution >= 4 is 16.8 Å². The molecule has 0 saturated heterocycles. The van der Waals surface area contributed by atoms with E-state index in [0.717, 1.165) is 28.9 Å². The van der Waals surface area contributed by atoms with Crippen LogP contribution in [0, 0.1) is 0 Å². The summed E-state index contributed by atoms with van der Waals surface area (Å²) in [4.78, 5) is 19.4. The summed E-state index contributed by atoms with van der Waals surface area (Å²) in [5, 5.41) is 1.21. The minimum Gasteiger partial charge on any atom is -0.494 e. The number of benzene rings is 3. The van der Waals surface area contributed by atoms with E-state index in [9.17, 15) is 4.79 Å². The summed E-state index contributed by atoms with van der Waals surface area (Å²) in [6.45, 7) is 3.15. The summed E-state index contributed by atoms with van der Waals surface area (Å²) in [5.74, 6) is 1.86. The van der Waals surface area contributed by atoms with E-state index >= 15 is 0 Å². The van der Waals surface area contributed by atoms with Crippen molar-refractivity contribution in [2.24, 2.45) is 0 Å². The number of amides is 1. The Morgan fingerprint density at radius 1 is 1.00 bits per heavy atom. The van der Waals surface area contributed by atoms with Gasteiger partial charge in [0.15, 0.2) is 11.5 Å². The molecule has 0 radical (unpaired) electrons. The minimum absolute atomic E-state index is 0.0583. The first kappa shape index (κ1) is 21.9. The molecule has 1 atom stereocenters. The summed E-state index contributed by atoms with van der Waals surface area (Å²) >= 11 is 0. The molecule has 4 aromatic rings.